The second kappa shape index (κ2) is 9.45. The van der Waals surface area contributed by atoms with Crippen molar-refractivity contribution in [2.75, 3.05) is 33.5 Å². The van der Waals surface area contributed by atoms with Gasteiger partial charge in [-0.3, -0.25) is 0 Å². The Morgan fingerprint density at radius 3 is 2.19 bits per heavy atom. The topological polar surface area (TPSA) is 67.2 Å². The van der Waals surface area contributed by atoms with Crippen LogP contribution < -0.4 is 0 Å². The Kier molecular flexibility index (Phi) is 8.99. The zero-order valence-corrected chi connectivity index (χ0v) is 10.2. The summed E-state index contributed by atoms with van der Waals surface area (Å²) >= 11 is 0. The highest BCUT2D eigenvalue weighted by Crippen LogP contribution is 2.04. The van der Waals surface area contributed by atoms with Gasteiger partial charge in [-0.1, -0.05) is 13.3 Å². The van der Waals surface area contributed by atoms with Crippen molar-refractivity contribution in [2.45, 2.75) is 25.9 Å². The van der Waals surface area contributed by atoms with Gasteiger partial charge in [0.15, 0.2) is 0 Å². The molecule has 1 heterocycles. The number of aliphatic hydroxyl groups is 3. The maximum atomic E-state index is 8.17. The molecule has 1 aliphatic heterocycles. The van der Waals surface area contributed by atoms with Gasteiger partial charge in [0.2, 0.25) is 0 Å². The molecule has 0 aromatic rings. The van der Waals surface area contributed by atoms with Gasteiger partial charge in [-0.05, 0) is 6.42 Å². The first-order chi connectivity index (χ1) is 7.63. The molecule has 96 valence electrons. The fourth-order valence-electron chi connectivity index (χ4n) is 1.15. The van der Waals surface area contributed by atoms with Crippen LogP contribution in [0.25, 0.3) is 0 Å². The highest BCUT2D eigenvalue weighted by Gasteiger charge is 2.05. The molecule has 0 bridgehead atoms. The largest absolute Gasteiger partial charge is 0.394 e. The molecule has 0 saturated heterocycles. The van der Waals surface area contributed by atoms with Crippen LogP contribution in [-0.2, 0) is 0 Å². The second-order valence-corrected chi connectivity index (χ2v) is 3.88. The summed E-state index contributed by atoms with van der Waals surface area (Å²) in [6, 6.07) is 0. The third kappa shape index (κ3) is 7.50. The molecular formula is C11H24N2O3. The van der Waals surface area contributed by atoms with Gasteiger partial charge in [-0.2, -0.15) is 0 Å². The highest BCUT2D eigenvalue weighted by atomic mass is 16.3. The molecule has 0 aromatic heterocycles. The minimum absolute atomic E-state index is 0.365. The van der Waals surface area contributed by atoms with Crippen molar-refractivity contribution >= 4 is 0 Å². The quantitative estimate of drug-likeness (QED) is 0.612. The molecule has 0 aliphatic carbocycles. The first-order valence-electron chi connectivity index (χ1n) is 5.66. The van der Waals surface area contributed by atoms with E-state index in [1.807, 2.05) is 0 Å². The smallest absolute Gasteiger partial charge is 0.100 e. The Balaban J connectivity index is 0.000000325. The Morgan fingerprint density at radius 1 is 1.25 bits per heavy atom. The van der Waals surface area contributed by atoms with E-state index < -0.39 is 6.10 Å². The summed E-state index contributed by atoms with van der Waals surface area (Å²) in [7, 11) is 2.10. The summed E-state index contributed by atoms with van der Waals surface area (Å²) < 4.78 is 0. The molecule has 5 nitrogen and oxygen atoms in total. The molecule has 0 atom stereocenters. The Hall–Kier alpha value is -0.780. The highest BCUT2D eigenvalue weighted by molar-refractivity contribution is 4.88. The predicted molar refractivity (Wildman–Crippen MR) is 63.6 cm³/mol. The lowest BCUT2D eigenvalue weighted by Gasteiger charge is -2.17. The van der Waals surface area contributed by atoms with E-state index in [1.165, 1.54) is 19.4 Å². The van der Waals surface area contributed by atoms with E-state index in [4.69, 9.17) is 15.3 Å². The number of hydrogen-bond donors (Lipinski definition) is 3. The van der Waals surface area contributed by atoms with Crippen molar-refractivity contribution in [3.63, 3.8) is 0 Å². The van der Waals surface area contributed by atoms with Gasteiger partial charge in [0.25, 0.3) is 0 Å². The molecule has 3 N–H and O–H groups in total. The average molecular weight is 232 g/mol. The molecule has 0 fully saturated rings. The molecule has 1 aliphatic rings. The van der Waals surface area contributed by atoms with Crippen molar-refractivity contribution in [1.29, 1.82) is 0 Å². The van der Waals surface area contributed by atoms with E-state index in [0.29, 0.717) is 0 Å². The van der Waals surface area contributed by atoms with E-state index in [0.717, 1.165) is 6.67 Å². The van der Waals surface area contributed by atoms with Gasteiger partial charge in [-0.25, -0.2) is 0 Å². The Bertz CT molecular complexity index is 184. The lowest BCUT2D eigenvalue weighted by atomic mass is 10.3. The summed E-state index contributed by atoms with van der Waals surface area (Å²) in [6.07, 6.45) is 5.92. The molecule has 0 spiro atoms. The minimum Gasteiger partial charge on any atom is -0.394 e. The molecule has 0 aromatic carbocycles. The van der Waals surface area contributed by atoms with Gasteiger partial charge in [-0.15, -0.1) is 0 Å². The lowest BCUT2D eigenvalue weighted by Crippen LogP contribution is -2.23. The van der Waals surface area contributed by atoms with Gasteiger partial charge < -0.3 is 25.1 Å². The minimum atomic E-state index is -0.954. The molecule has 1 rings (SSSR count). The van der Waals surface area contributed by atoms with Crippen LogP contribution in [0.1, 0.15) is 19.8 Å². The van der Waals surface area contributed by atoms with Crippen molar-refractivity contribution in [1.82, 2.24) is 9.80 Å². The number of aliphatic hydroxyl groups excluding tert-OH is 3. The van der Waals surface area contributed by atoms with Crippen LogP contribution in [0.2, 0.25) is 0 Å². The van der Waals surface area contributed by atoms with E-state index >= 15 is 0 Å². The van der Waals surface area contributed by atoms with Crippen molar-refractivity contribution in [3.8, 4) is 0 Å². The van der Waals surface area contributed by atoms with E-state index in [2.05, 4.69) is 36.2 Å². The summed E-state index contributed by atoms with van der Waals surface area (Å²) in [5.41, 5.74) is 0. The maximum absolute atomic E-state index is 8.17. The summed E-state index contributed by atoms with van der Waals surface area (Å²) in [6.45, 7) is 3.77. The van der Waals surface area contributed by atoms with Crippen LogP contribution >= 0.6 is 0 Å². The third-order valence-corrected chi connectivity index (χ3v) is 2.16. The molecule has 0 radical (unpaired) electrons. The van der Waals surface area contributed by atoms with Crippen LogP contribution in [0.4, 0.5) is 0 Å². The third-order valence-electron chi connectivity index (χ3n) is 2.16. The number of unbranched alkanes of at least 4 members (excludes halogenated alkanes) is 1. The molecule has 16 heavy (non-hydrogen) atoms. The summed E-state index contributed by atoms with van der Waals surface area (Å²) in [5, 5.41) is 24.0. The van der Waals surface area contributed by atoms with Crippen LogP contribution in [0, 0.1) is 0 Å². The second-order valence-electron chi connectivity index (χ2n) is 3.88. The predicted octanol–water partition coefficient (Wildman–Crippen LogP) is -0.205. The molecule has 0 saturated carbocycles. The van der Waals surface area contributed by atoms with Crippen molar-refractivity contribution in [2.24, 2.45) is 0 Å². The fraction of sp³-hybridized carbons (Fsp3) is 0.818. The normalized spacial score (nSPS) is 14.4. The van der Waals surface area contributed by atoms with Crippen LogP contribution in [0.5, 0.6) is 0 Å². The zero-order valence-electron chi connectivity index (χ0n) is 10.2. The van der Waals surface area contributed by atoms with Gasteiger partial charge in [0.1, 0.15) is 6.10 Å². The van der Waals surface area contributed by atoms with Crippen LogP contribution in [0.15, 0.2) is 12.4 Å². The van der Waals surface area contributed by atoms with Crippen LogP contribution in [-0.4, -0.2) is 64.7 Å². The molecule has 0 amide bonds. The number of nitrogens with zero attached hydrogens (tertiary/aromatic N) is 2. The lowest BCUT2D eigenvalue weighted by molar-refractivity contribution is 0.0450. The summed E-state index contributed by atoms with van der Waals surface area (Å²) in [5.74, 6) is 0. The Labute approximate surface area is 97.6 Å². The first-order valence-corrected chi connectivity index (χ1v) is 5.66. The Morgan fingerprint density at radius 2 is 1.88 bits per heavy atom. The van der Waals surface area contributed by atoms with Crippen molar-refractivity contribution < 1.29 is 15.3 Å². The molecule has 0 unspecified atom stereocenters. The molecular weight excluding hydrogens is 208 g/mol. The van der Waals surface area contributed by atoms with Crippen LogP contribution in [0.3, 0.4) is 0 Å². The monoisotopic (exact) mass is 232 g/mol. The average Bonchev–Trinajstić information content (AvgIpc) is 2.72. The fourth-order valence-corrected chi connectivity index (χ4v) is 1.15. The van der Waals surface area contributed by atoms with E-state index in [-0.39, 0.29) is 13.2 Å². The number of rotatable bonds is 5. The number of hydrogen-bond acceptors (Lipinski definition) is 5. The van der Waals surface area contributed by atoms with E-state index in [9.17, 15) is 0 Å². The maximum Gasteiger partial charge on any atom is 0.100 e. The molecule has 5 heteroatoms. The van der Waals surface area contributed by atoms with Gasteiger partial charge in [0.05, 0.1) is 19.9 Å². The van der Waals surface area contributed by atoms with Gasteiger partial charge >= 0.3 is 0 Å². The van der Waals surface area contributed by atoms with E-state index in [1.54, 1.807) is 0 Å². The zero-order chi connectivity index (χ0) is 12.4. The summed E-state index contributed by atoms with van der Waals surface area (Å²) in [4.78, 5) is 4.53. The first kappa shape index (κ1) is 15.2. The van der Waals surface area contributed by atoms with Gasteiger partial charge in [0, 0.05) is 26.0 Å². The van der Waals surface area contributed by atoms with Crippen molar-refractivity contribution in [3.05, 3.63) is 12.4 Å². The standard InChI is InChI=1S/C8H16N2.C3H8O3/c1-3-4-5-10-7-6-9(2)8-10;4-1-3(6)2-5/h6-7H,3-5,8H2,1-2H3;3-6H,1-2H2. The SMILES string of the molecule is CCCCN1C=CN(C)C1.OCC(O)CO.